The zero-order valence-electron chi connectivity index (χ0n) is 12.8. The maximum Gasteiger partial charge on any atom is 0.0164 e. The fourth-order valence-electron chi connectivity index (χ4n) is 2.70. The third kappa shape index (κ3) is 3.16. The highest BCUT2D eigenvalue weighted by Crippen LogP contribution is 2.35. The SMILES string of the molecule is C=CCc1[c]cc[c]c1C(C)(C)c1[c]cc[c]c1CC=C. The van der Waals surface area contributed by atoms with E-state index < -0.39 is 0 Å². The summed E-state index contributed by atoms with van der Waals surface area (Å²) in [6.07, 6.45) is 5.41. The van der Waals surface area contributed by atoms with Gasteiger partial charge in [-0.25, -0.2) is 0 Å². The molecular weight excluding hydrogens is 252 g/mol. The predicted octanol–water partition coefficient (Wildman–Crippen LogP) is 4.67. The van der Waals surface area contributed by atoms with Crippen LogP contribution in [0.4, 0.5) is 0 Å². The van der Waals surface area contributed by atoms with Crippen molar-refractivity contribution in [1.29, 1.82) is 0 Å². The van der Waals surface area contributed by atoms with Crippen LogP contribution < -0.4 is 0 Å². The molecule has 2 aromatic carbocycles. The molecule has 0 N–H and O–H groups in total. The molecule has 0 unspecified atom stereocenters. The van der Waals surface area contributed by atoms with E-state index in [-0.39, 0.29) is 5.41 Å². The largest absolute Gasteiger partial charge is 0.103 e. The number of allylic oxidation sites excluding steroid dienone is 2. The normalized spacial score (nSPS) is 11.1. The zero-order valence-corrected chi connectivity index (χ0v) is 12.8. The van der Waals surface area contributed by atoms with E-state index in [1.807, 2.05) is 36.4 Å². The van der Waals surface area contributed by atoms with E-state index in [1.54, 1.807) is 0 Å². The van der Waals surface area contributed by atoms with E-state index in [2.05, 4.69) is 51.3 Å². The Kier molecular flexibility index (Phi) is 4.80. The minimum Gasteiger partial charge on any atom is -0.103 e. The van der Waals surface area contributed by atoms with Crippen LogP contribution >= 0.6 is 0 Å². The number of hydrogen-bond donors (Lipinski definition) is 0. The molecule has 2 rings (SSSR count). The second-order valence-corrected chi connectivity index (χ2v) is 5.56. The van der Waals surface area contributed by atoms with Crippen LogP contribution in [0.25, 0.3) is 0 Å². The lowest BCUT2D eigenvalue weighted by Crippen LogP contribution is -2.23. The monoisotopic (exact) mass is 272 g/mol. The second-order valence-electron chi connectivity index (χ2n) is 5.56. The number of hydrogen-bond acceptors (Lipinski definition) is 0. The topological polar surface area (TPSA) is 0 Å². The van der Waals surface area contributed by atoms with Crippen molar-refractivity contribution < 1.29 is 0 Å². The Hall–Kier alpha value is -2.08. The quantitative estimate of drug-likeness (QED) is 0.670. The summed E-state index contributed by atoms with van der Waals surface area (Å²) in [4.78, 5) is 0. The third-order valence-corrected chi connectivity index (χ3v) is 3.69. The first kappa shape index (κ1) is 15.3. The van der Waals surface area contributed by atoms with E-state index in [4.69, 9.17) is 0 Å². The van der Waals surface area contributed by atoms with Gasteiger partial charge in [0.25, 0.3) is 0 Å². The van der Waals surface area contributed by atoms with Crippen LogP contribution in [0.3, 0.4) is 0 Å². The first-order valence-electron chi connectivity index (χ1n) is 7.16. The van der Waals surface area contributed by atoms with Gasteiger partial charge in [-0.2, -0.15) is 0 Å². The summed E-state index contributed by atoms with van der Waals surface area (Å²) in [5, 5.41) is 0. The smallest absolute Gasteiger partial charge is 0.0164 e. The van der Waals surface area contributed by atoms with Gasteiger partial charge < -0.3 is 0 Å². The number of benzene rings is 2. The standard InChI is InChI=1S/C21H20/c1-5-11-17-13-7-9-15-19(17)21(3,4)20-16-10-8-14-18(20)12-6-2/h5-10H,1-2,11-12H2,3-4H3. The first-order chi connectivity index (χ1) is 10.1. The van der Waals surface area contributed by atoms with Crippen LogP contribution in [0, 0.1) is 24.3 Å². The highest BCUT2D eigenvalue weighted by Gasteiger charge is 2.27. The Labute approximate surface area is 128 Å². The lowest BCUT2D eigenvalue weighted by molar-refractivity contribution is 0.624. The number of rotatable bonds is 6. The van der Waals surface area contributed by atoms with Crippen LogP contribution in [0.2, 0.25) is 0 Å². The summed E-state index contributed by atoms with van der Waals surface area (Å²) in [6.45, 7) is 12.1. The minimum absolute atomic E-state index is 0.202. The molecule has 0 heteroatoms. The summed E-state index contributed by atoms with van der Waals surface area (Å²) >= 11 is 0. The van der Waals surface area contributed by atoms with Gasteiger partial charge in [0.1, 0.15) is 0 Å². The predicted molar refractivity (Wildman–Crippen MR) is 88.2 cm³/mol. The summed E-state index contributed by atoms with van der Waals surface area (Å²) < 4.78 is 0. The summed E-state index contributed by atoms with van der Waals surface area (Å²) in [5.41, 5.74) is 4.36. The van der Waals surface area contributed by atoms with Gasteiger partial charge in [-0.3, -0.25) is 0 Å². The molecule has 0 fully saturated rings. The molecule has 2 aromatic rings. The van der Waals surface area contributed by atoms with Crippen LogP contribution in [0.15, 0.2) is 49.6 Å². The summed E-state index contributed by atoms with van der Waals surface area (Å²) in [7, 11) is 0. The van der Waals surface area contributed by atoms with Crippen LogP contribution in [0.5, 0.6) is 0 Å². The Balaban J connectivity index is 2.56. The van der Waals surface area contributed by atoms with Gasteiger partial charge in [0.05, 0.1) is 0 Å². The van der Waals surface area contributed by atoms with Crippen LogP contribution in [-0.4, -0.2) is 0 Å². The van der Waals surface area contributed by atoms with Crippen molar-refractivity contribution in [2.24, 2.45) is 0 Å². The maximum absolute atomic E-state index is 3.84. The van der Waals surface area contributed by atoms with Gasteiger partial charge >= 0.3 is 0 Å². The van der Waals surface area contributed by atoms with Crippen LogP contribution in [-0.2, 0) is 18.3 Å². The van der Waals surface area contributed by atoms with Crippen molar-refractivity contribution in [1.82, 2.24) is 0 Å². The molecule has 0 heterocycles. The van der Waals surface area contributed by atoms with Crippen molar-refractivity contribution in [3.63, 3.8) is 0 Å². The van der Waals surface area contributed by atoms with Gasteiger partial charge in [-0.15, -0.1) is 13.2 Å². The molecule has 0 aromatic heterocycles. The third-order valence-electron chi connectivity index (χ3n) is 3.69. The Bertz CT molecular complexity index is 576. The van der Waals surface area contributed by atoms with Crippen molar-refractivity contribution in [2.75, 3.05) is 0 Å². The van der Waals surface area contributed by atoms with Gasteiger partial charge in [0, 0.05) is 5.41 Å². The molecule has 0 aliphatic carbocycles. The maximum atomic E-state index is 3.84. The fourth-order valence-corrected chi connectivity index (χ4v) is 2.70. The Morgan fingerprint density at radius 1 is 0.810 bits per heavy atom. The fraction of sp³-hybridized carbons (Fsp3) is 0.238. The molecule has 104 valence electrons. The van der Waals surface area contributed by atoms with Gasteiger partial charge in [-0.05, 0) is 59.4 Å². The van der Waals surface area contributed by atoms with E-state index in [1.165, 1.54) is 0 Å². The van der Waals surface area contributed by atoms with E-state index >= 15 is 0 Å². The minimum atomic E-state index is -0.202. The highest BCUT2D eigenvalue weighted by molar-refractivity contribution is 5.45. The van der Waals surface area contributed by atoms with E-state index in [9.17, 15) is 0 Å². The van der Waals surface area contributed by atoms with Gasteiger partial charge in [0.2, 0.25) is 0 Å². The second kappa shape index (κ2) is 6.58. The zero-order chi connectivity index (χ0) is 15.3. The average Bonchev–Trinajstić information content (AvgIpc) is 2.49. The molecule has 0 saturated heterocycles. The highest BCUT2D eigenvalue weighted by atomic mass is 14.3. The first-order valence-corrected chi connectivity index (χ1v) is 7.16. The summed E-state index contributed by atoms with van der Waals surface area (Å²) in [6, 6.07) is 21.1. The average molecular weight is 272 g/mol. The summed E-state index contributed by atoms with van der Waals surface area (Å²) in [5.74, 6) is 0. The van der Waals surface area contributed by atoms with Crippen molar-refractivity contribution >= 4 is 0 Å². The molecule has 0 bridgehead atoms. The molecule has 0 amide bonds. The van der Waals surface area contributed by atoms with E-state index in [0.29, 0.717) is 0 Å². The molecule has 4 radical (unpaired) electrons. The van der Waals surface area contributed by atoms with Crippen LogP contribution in [0.1, 0.15) is 36.1 Å². The Morgan fingerprint density at radius 2 is 1.19 bits per heavy atom. The van der Waals surface area contributed by atoms with E-state index in [0.717, 1.165) is 35.1 Å². The molecule has 0 aliphatic rings. The molecule has 0 aliphatic heterocycles. The Morgan fingerprint density at radius 3 is 1.57 bits per heavy atom. The lowest BCUT2D eigenvalue weighted by atomic mass is 9.73. The molecular formula is C21H20. The van der Waals surface area contributed by atoms with Crippen molar-refractivity contribution in [3.05, 3.63) is 96.1 Å². The molecule has 21 heavy (non-hydrogen) atoms. The van der Waals surface area contributed by atoms with Gasteiger partial charge in [0.15, 0.2) is 0 Å². The molecule has 0 nitrogen and oxygen atoms in total. The van der Waals surface area contributed by atoms with Crippen molar-refractivity contribution in [3.8, 4) is 0 Å². The molecule has 0 atom stereocenters. The molecule has 0 spiro atoms. The molecule has 0 saturated carbocycles. The van der Waals surface area contributed by atoms with Crippen molar-refractivity contribution in [2.45, 2.75) is 32.1 Å². The lowest BCUT2D eigenvalue weighted by Gasteiger charge is -2.29. The van der Waals surface area contributed by atoms with Gasteiger partial charge in [-0.1, -0.05) is 50.3 Å².